The molecule has 2 heterocycles. The molecule has 1 fully saturated rings. The summed E-state index contributed by atoms with van der Waals surface area (Å²) in [5.74, 6) is -1.00. The summed E-state index contributed by atoms with van der Waals surface area (Å²) in [5, 5.41) is 16.4. The van der Waals surface area contributed by atoms with Gasteiger partial charge in [0.2, 0.25) is 17.7 Å². The number of amides is 3. The number of likely N-dealkylation sites (N-methyl/N-ethyl adjacent to an activating group) is 1. The average molecular weight is 616 g/mol. The van der Waals surface area contributed by atoms with Crippen LogP contribution in [0.4, 0.5) is 0 Å². The normalized spacial score (nSPS) is 18.5. The van der Waals surface area contributed by atoms with E-state index in [9.17, 15) is 19.5 Å². The van der Waals surface area contributed by atoms with Crippen molar-refractivity contribution in [2.45, 2.75) is 85.5 Å². The van der Waals surface area contributed by atoms with Crippen LogP contribution in [0.2, 0.25) is 0 Å². The molecule has 10 nitrogen and oxygen atoms in total. The number of ether oxygens (including phenoxy) is 1. The Bertz CT molecular complexity index is 1210. The number of carbonyl (C=O) groups excluding carboxylic acids is 3. The Kier molecular flexibility index (Phi) is 12.7. The van der Waals surface area contributed by atoms with Crippen LogP contribution in [0.3, 0.4) is 0 Å². The third kappa shape index (κ3) is 9.56. The molecule has 3 rings (SSSR count). The molecule has 0 unspecified atom stereocenters. The Labute approximate surface area is 260 Å². The van der Waals surface area contributed by atoms with E-state index < -0.39 is 23.6 Å². The third-order valence-corrected chi connectivity index (χ3v) is 8.96. The third-order valence-electron chi connectivity index (χ3n) is 7.98. The molecule has 1 aromatic carbocycles. The molecule has 1 aromatic heterocycles. The van der Waals surface area contributed by atoms with Gasteiger partial charge in [0.15, 0.2) is 0 Å². The van der Waals surface area contributed by atoms with Crippen LogP contribution < -0.4 is 10.6 Å². The fraction of sp³-hybridized carbons (Fsp3) is 0.625. The van der Waals surface area contributed by atoms with Crippen LogP contribution in [0.5, 0.6) is 0 Å². The molecule has 0 aliphatic carbocycles. The summed E-state index contributed by atoms with van der Waals surface area (Å²) in [6.07, 6.45) is -0.560. The molecule has 0 radical (unpaired) electrons. The van der Waals surface area contributed by atoms with E-state index in [0.29, 0.717) is 6.61 Å². The molecular formula is C32H49N5O5S. The molecule has 1 saturated heterocycles. The minimum Gasteiger partial charge on any atom is -0.391 e. The van der Waals surface area contributed by atoms with Crippen molar-refractivity contribution in [2.24, 2.45) is 5.41 Å². The highest BCUT2D eigenvalue weighted by Gasteiger charge is 2.44. The smallest absolute Gasteiger partial charge is 0.246 e. The second kappa shape index (κ2) is 15.7. The van der Waals surface area contributed by atoms with Gasteiger partial charge in [-0.1, -0.05) is 58.9 Å². The lowest BCUT2D eigenvalue weighted by atomic mass is 9.85. The number of rotatable bonds is 14. The number of aromatic nitrogens is 1. The molecule has 238 valence electrons. The zero-order valence-corrected chi connectivity index (χ0v) is 27.5. The Morgan fingerprint density at radius 1 is 1.14 bits per heavy atom. The van der Waals surface area contributed by atoms with Gasteiger partial charge in [0.25, 0.3) is 0 Å². The van der Waals surface area contributed by atoms with E-state index in [4.69, 9.17) is 4.74 Å². The number of aliphatic hydroxyl groups is 1. The van der Waals surface area contributed by atoms with Crippen molar-refractivity contribution in [3.8, 4) is 10.4 Å². The molecule has 4 atom stereocenters. The van der Waals surface area contributed by atoms with Crippen molar-refractivity contribution in [3.05, 3.63) is 41.0 Å². The highest BCUT2D eigenvalue weighted by Crippen LogP contribution is 2.29. The van der Waals surface area contributed by atoms with Crippen molar-refractivity contribution < 1.29 is 24.2 Å². The average Bonchev–Trinajstić information content (AvgIpc) is 3.58. The lowest BCUT2D eigenvalue weighted by Crippen LogP contribution is -2.58. The Balaban J connectivity index is 1.61. The summed E-state index contributed by atoms with van der Waals surface area (Å²) < 4.78 is 5.65. The fourth-order valence-corrected chi connectivity index (χ4v) is 6.06. The second-order valence-corrected chi connectivity index (χ2v) is 13.1. The first kappa shape index (κ1) is 34.6. The number of β-amino-alcohol motifs (C(OH)–C–C–N with tert-alkyl or cyclic N) is 1. The second-order valence-electron chi connectivity index (χ2n) is 12.3. The molecule has 11 heteroatoms. The predicted molar refractivity (Wildman–Crippen MR) is 170 cm³/mol. The number of hydrogen-bond donors (Lipinski definition) is 3. The van der Waals surface area contributed by atoms with Gasteiger partial charge in [-0.25, -0.2) is 4.98 Å². The largest absolute Gasteiger partial charge is 0.391 e. The van der Waals surface area contributed by atoms with Gasteiger partial charge >= 0.3 is 0 Å². The number of aliphatic hydroxyl groups excluding tert-OH is 1. The van der Waals surface area contributed by atoms with E-state index in [1.54, 1.807) is 11.3 Å². The zero-order valence-electron chi connectivity index (χ0n) is 26.7. The van der Waals surface area contributed by atoms with Crippen molar-refractivity contribution in [3.63, 3.8) is 0 Å². The Morgan fingerprint density at radius 2 is 1.81 bits per heavy atom. The fourth-order valence-electron chi connectivity index (χ4n) is 5.25. The molecule has 3 N–H and O–H groups in total. The van der Waals surface area contributed by atoms with E-state index in [1.807, 2.05) is 64.4 Å². The van der Waals surface area contributed by atoms with Crippen molar-refractivity contribution in [2.75, 3.05) is 39.4 Å². The van der Waals surface area contributed by atoms with Crippen LogP contribution in [0.15, 0.2) is 29.8 Å². The summed E-state index contributed by atoms with van der Waals surface area (Å²) in [6, 6.07) is 5.97. The number of nitrogens with zero attached hydrogens (tertiary/aromatic N) is 3. The zero-order chi connectivity index (χ0) is 31.7. The lowest BCUT2D eigenvalue weighted by molar-refractivity contribution is -0.144. The molecule has 0 spiro atoms. The van der Waals surface area contributed by atoms with Crippen LogP contribution in [-0.2, 0) is 19.1 Å². The molecule has 1 aliphatic rings. The number of nitrogens with one attached hydrogen (secondary N) is 2. The van der Waals surface area contributed by atoms with Crippen molar-refractivity contribution in [1.82, 2.24) is 25.4 Å². The summed E-state index contributed by atoms with van der Waals surface area (Å²) in [7, 11) is 0. The highest BCUT2D eigenvalue weighted by atomic mass is 32.1. The van der Waals surface area contributed by atoms with E-state index in [0.717, 1.165) is 41.3 Å². The van der Waals surface area contributed by atoms with Gasteiger partial charge in [-0.3, -0.25) is 14.4 Å². The summed E-state index contributed by atoms with van der Waals surface area (Å²) in [6.45, 7) is 17.2. The van der Waals surface area contributed by atoms with Gasteiger partial charge in [0.1, 0.15) is 12.1 Å². The van der Waals surface area contributed by atoms with E-state index in [-0.39, 0.29) is 49.8 Å². The van der Waals surface area contributed by atoms with Crippen molar-refractivity contribution in [1.29, 1.82) is 0 Å². The number of hydrogen-bond acceptors (Lipinski definition) is 8. The predicted octanol–water partition coefficient (Wildman–Crippen LogP) is 3.54. The number of thiazole rings is 1. The maximum absolute atomic E-state index is 13.8. The Hall–Kier alpha value is -2.86. The van der Waals surface area contributed by atoms with Gasteiger partial charge in [-0.05, 0) is 43.5 Å². The standard InChI is InChI=1S/C32H49N5O5S/c1-8-36(9-2)15-17-42-16-14-27(39)35-29(32(5,6)7)31(41)37-19-25(38)18-26(37)30(40)34-21(3)23-10-12-24(13-11-23)28-22(4)33-20-43-28/h10-13,20-21,25-26,29,38H,8-9,14-19H2,1-7H3,(H,34,40)(H,35,39)/t21-,25+,26-,29+/m0/s1. The van der Waals surface area contributed by atoms with Gasteiger partial charge in [0, 0.05) is 25.9 Å². The molecule has 2 aromatic rings. The summed E-state index contributed by atoms with van der Waals surface area (Å²) >= 11 is 1.59. The van der Waals surface area contributed by atoms with Crippen LogP contribution in [0.1, 0.15) is 71.7 Å². The first-order valence-corrected chi connectivity index (χ1v) is 16.1. The number of carbonyl (C=O) groups is 3. The van der Waals surface area contributed by atoms with E-state index in [2.05, 4.69) is 34.4 Å². The van der Waals surface area contributed by atoms with Gasteiger partial charge < -0.3 is 30.3 Å². The molecule has 1 aliphatic heterocycles. The number of aryl methyl sites for hydroxylation is 1. The lowest BCUT2D eigenvalue weighted by Gasteiger charge is -2.35. The van der Waals surface area contributed by atoms with E-state index >= 15 is 0 Å². The summed E-state index contributed by atoms with van der Waals surface area (Å²) in [5.41, 5.74) is 4.18. The molecule has 43 heavy (non-hydrogen) atoms. The van der Waals surface area contributed by atoms with Crippen LogP contribution >= 0.6 is 11.3 Å². The van der Waals surface area contributed by atoms with Crippen LogP contribution in [0, 0.1) is 12.3 Å². The SMILES string of the molecule is CCN(CC)CCOCCC(=O)N[C@H](C(=O)N1C[C@H](O)C[C@H]1C(=O)N[C@@H](C)c1ccc(-c2scnc2C)cc1)C(C)(C)C. The van der Waals surface area contributed by atoms with Gasteiger partial charge in [-0.2, -0.15) is 0 Å². The van der Waals surface area contributed by atoms with Gasteiger partial charge in [0.05, 0.1) is 41.4 Å². The van der Waals surface area contributed by atoms with Crippen LogP contribution in [-0.4, -0.2) is 95.2 Å². The number of likely N-dealkylation sites (tertiary alicyclic amines) is 1. The minimum absolute atomic E-state index is 0.0329. The van der Waals surface area contributed by atoms with Crippen LogP contribution in [0.25, 0.3) is 10.4 Å². The molecule has 0 bridgehead atoms. The highest BCUT2D eigenvalue weighted by molar-refractivity contribution is 7.13. The van der Waals surface area contributed by atoms with Crippen molar-refractivity contribution >= 4 is 29.1 Å². The summed E-state index contributed by atoms with van der Waals surface area (Å²) in [4.78, 5) is 49.2. The number of benzene rings is 1. The topological polar surface area (TPSA) is 124 Å². The molecular weight excluding hydrogens is 566 g/mol. The quantitative estimate of drug-likeness (QED) is 0.278. The maximum atomic E-state index is 13.8. The Morgan fingerprint density at radius 3 is 2.40 bits per heavy atom. The molecule has 3 amide bonds. The molecule has 0 saturated carbocycles. The first-order valence-electron chi connectivity index (χ1n) is 15.2. The maximum Gasteiger partial charge on any atom is 0.246 e. The first-order chi connectivity index (χ1) is 20.3. The van der Waals surface area contributed by atoms with Gasteiger partial charge in [-0.15, -0.1) is 11.3 Å². The minimum atomic E-state index is -0.864. The van der Waals surface area contributed by atoms with E-state index in [1.165, 1.54) is 4.90 Å². The monoisotopic (exact) mass is 615 g/mol.